The van der Waals surface area contributed by atoms with Crippen LogP contribution in [0.1, 0.15) is 68.2 Å². The first-order chi connectivity index (χ1) is 22.2. The second-order valence-electron chi connectivity index (χ2n) is 11.9. The lowest BCUT2D eigenvalue weighted by molar-refractivity contribution is -0.135. The van der Waals surface area contributed by atoms with E-state index in [1.165, 1.54) is 10.1 Å². The maximum Gasteiger partial charge on any atom is 0.329 e. The van der Waals surface area contributed by atoms with E-state index in [2.05, 4.69) is 29.6 Å². The third kappa shape index (κ3) is 9.58. The Morgan fingerprint density at radius 2 is 1.65 bits per heavy atom. The van der Waals surface area contributed by atoms with Crippen LogP contribution in [0, 0.1) is 0 Å². The van der Waals surface area contributed by atoms with Crippen molar-refractivity contribution in [3.05, 3.63) is 69.6 Å². The summed E-state index contributed by atoms with van der Waals surface area (Å²) in [7, 11) is 1.71. The zero-order valence-electron chi connectivity index (χ0n) is 26.9. The van der Waals surface area contributed by atoms with Crippen LogP contribution in [0.5, 0.6) is 0 Å². The second-order valence-corrected chi connectivity index (χ2v) is 11.9. The number of nitrogens with one attached hydrogen (secondary N) is 1. The van der Waals surface area contributed by atoms with Gasteiger partial charge in [0.05, 0.1) is 37.0 Å². The number of primary amides is 1. The number of para-hydroxylation sites is 1. The average molecular weight is 638 g/mol. The highest BCUT2D eigenvalue weighted by atomic mass is 16.5. The quantitative estimate of drug-likeness (QED) is 0.133. The molecule has 4 rings (SSSR count). The molecule has 0 spiro atoms. The van der Waals surface area contributed by atoms with Crippen molar-refractivity contribution >= 4 is 28.8 Å². The number of amides is 3. The summed E-state index contributed by atoms with van der Waals surface area (Å²) in [5.74, 6) is -1.09. The van der Waals surface area contributed by atoms with Crippen LogP contribution in [0.15, 0.2) is 47.3 Å². The van der Waals surface area contributed by atoms with Gasteiger partial charge in [0, 0.05) is 39.1 Å². The standard InChI is InChI=1S/C34H47N5O7/c1-23(27(35)14-16-30(36)40)46-22-25-12-10-24(11-13-25)6-4-18-44-20-21-45-19-5-8-26-7-3-9-28-32(26)38(2)34(43)39(28)29-15-17-31(41)37-33(29)42/h3,7,9-13,23,27,29H,4-6,8,14-22,35H2,1-2H3,(H2,36,40)(H,37,41,42)/t23-,27+,29?/m1/s1. The van der Waals surface area contributed by atoms with E-state index in [0.717, 1.165) is 42.3 Å². The van der Waals surface area contributed by atoms with Gasteiger partial charge in [-0.05, 0) is 68.2 Å². The number of fused-ring (bicyclic) bond motifs is 1. The molecule has 2 heterocycles. The van der Waals surface area contributed by atoms with E-state index >= 15 is 0 Å². The van der Waals surface area contributed by atoms with Gasteiger partial charge in [0.15, 0.2) is 0 Å². The number of carbonyl (C=O) groups is 3. The molecule has 46 heavy (non-hydrogen) atoms. The summed E-state index contributed by atoms with van der Waals surface area (Å²) in [6.45, 7) is 4.61. The number of nitrogens with two attached hydrogens (primary N) is 2. The molecule has 1 fully saturated rings. The number of piperidine rings is 1. The molecule has 1 unspecified atom stereocenters. The van der Waals surface area contributed by atoms with E-state index in [1.807, 2.05) is 25.1 Å². The van der Waals surface area contributed by atoms with Gasteiger partial charge in [0.2, 0.25) is 17.7 Å². The Bertz CT molecular complexity index is 1530. The van der Waals surface area contributed by atoms with Crippen LogP contribution in [0.2, 0.25) is 0 Å². The molecule has 0 radical (unpaired) electrons. The van der Waals surface area contributed by atoms with Gasteiger partial charge in [0.25, 0.3) is 0 Å². The van der Waals surface area contributed by atoms with Crippen molar-refractivity contribution in [2.24, 2.45) is 18.5 Å². The zero-order chi connectivity index (χ0) is 33.1. The van der Waals surface area contributed by atoms with Crippen LogP contribution in [0.4, 0.5) is 0 Å². The molecule has 0 saturated carbocycles. The molecular weight excluding hydrogens is 590 g/mol. The fourth-order valence-corrected chi connectivity index (χ4v) is 5.71. The number of rotatable bonds is 19. The van der Waals surface area contributed by atoms with E-state index < -0.39 is 11.9 Å². The smallest absolute Gasteiger partial charge is 0.329 e. The summed E-state index contributed by atoms with van der Waals surface area (Å²) in [5, 5.41) is 2.35. The van der Waals surface area contributed by atoms with E-state index in [4.69, 9.17) is 25.7 Å². The van der Waals surface area contributed by atoms with Crippen molar-refractivity contribution in [1.82, 2.24) is 14.5 Å². The van der Waals surface area contributed by atoms with E-state index in [9.17, 15) is 19.2 Å². The van der Waals surface area contributed by atoms with Crippen LogP contribution in [0.3, 0.4) is 0 Å². The third-order valence-corrected chi connectivity index (χ3v) is 8.43. The van der Waals surface area contributed by atoms with Gasteiger partial charge >= 0.3 is 5.69 Å². The van der Waals surface area contributed by atoms with Gasteiger partial charge in [-0.2, -0.15) is 0 Å². The molecular formula is C34H47N5O7. The van der Waals surface area contributed by atoms with Gasteiger partial charge in [-0.3, -0.25) is 28.8 Å². The van der Waals surface area contributed by atoms with Crippen LogP contribution in [0.25, 0.3) is 11.0 Å². The van der Waals surface area contributed by atoms with E-state index in [-0.39, 0.29) is 42.5 Å². The van der Waals surface area contributed by atoms with Crippen LogP contribution in [-0.2, 0) is 55.1 Å². The number of carbonyl (C=O) groups excluding carboxylic acids is 3. The molecule has 1 saturated heterocycles. The summed E-state index contributed by atoms with van der Waals surface area (Å²) in [5.41, 5.74) is 15.8. The van der Waals surface area contributed by atoms with E-state index in [0.29, 0.717) is 51.4 Å². The van der Waals surface area contributed by atoms with Crippen molar-refractivity contribution < 1.29 is 28.6 Å². The Labute approximate surface area is 269 Å². The molecule has 2 aromatic carbocycles. The molecule has 3 atom stereocenters. The number of nitrogens with zero attached hydrogens (tertiary/aromatic N) is 2. The number of hydrogen-bond acceptors (Lipinski definition) is 8. The monoisotopic (exact) mass is 637 g/mol. The summed E-state index contributed by atoms with van der Waals surface area (Å²) >= 11 is 0. The molecule has 12 heteroatoms. The molecule has 1 aliphatic rings. The fraction of sp³-hybridized carbons (Fsp3) is 0.529. The summed E-state index contributed by atoms with van der Waals surface area (Å²) in [6.07, 6.45) is 4.44. The topological polar surface area (TPSA) is 170 Å². The maximum absolute atomic E-state index is 13.1. The first kappa shape index (κ1) is 35.0. The number of hydrogen-bond donors (Lipinski definition) is 3. The Kier molecular flexibility index (Phi) is 13.1. The van der Waals surface area contributed by atoms with Crippen molar-refractivity contribution in [3.8, 4) is 0 Å². The van der Waals surface area contributed by atoms with Crippen LogP contribution in [-0.4, -0.2) is 65.4 Å². The molecule has 5 N–H and O–H groups in total. The van der Waals surface area contributed by atoms with Gasteiger partial charge in [0.1, 0.15) is 6.04 Å². The number of aromatic nitrogens is 2. The largest absolute Gasteiger partial charge is 0.379 e. The Hall–Kier alpha value is -3.84. The maximum atomic E-state index is 13.1. The van der Waals surface area contributed by atoms with Gasteiger partial charge < -0.3 is 25.7 Å². The molecule has 0 bridgehead atoms. The number of imidazole rings is 1. The van der Waals surface area contributed by atoms with Gasteiger partial charge in [-0.15, -0.1) is 0 Å². The molecule has 0 aliphatic carbocycles. The highest BCUT2D eigenvalue weighted by Gasteiger charge is 2.31. The van der Waals surface area contributed by atoms with Gasteiger partial charge in [-0.1, -0.05) is 36.4 Å². The SMILES string of the molecule is C[C@@H](OCc1ccc(CCCOCCOCCCc2cccc3c2n(C)c(=O)n3C2CCC(=O)NC2=O)cc1)[C@@H](N)CCC(N)=O. The lowest BCUT2D eigenvalue weighted by Gasteiger charge is -2.21. The minimum absolute atomic E-state index is 0.168. The average Bonchev–Trinajstić information content (AvgIpc) is 3.29. The Morgan fingerprint density at radius 1 is 0.978 bits per heavy atom. The fourth-order valence-electron chi connectivity index (χ4n) is 5.71. The summed E-state index contributed by atoms with van der Waals surface area (Å²) in [6, 6.07) is 13.1. The van der Waals surface area contributed by atoms with Crippen molar-refractivity contribution in [2.75, 3.05) is 26.4 Å². The number of imide groups is 1. The van der Waals surface area contributed by atoms with Crippen LogP contribution < -0.4 is 22.5 Å². The van der Waals surface area contributed by atoms with Crippen LogP contribution >= 0.6 is 0 Å². The first-order valence-corrected chi connectivity index (χ1v) is 16.1. The molecule has 3 aromatic rings. The summed E-state index contributed by atoms with van der Waals surface area (Å²) in [4.78, 5) is 48.1. The number of ether oxygens (including phenoxy) is 3. The summed E-state index contributed by atoms with van der Waals surface area (Å²) < 4.78 is 20.5. The highest BCUT2D eigenvalue weighted by molar-refractivity contribution is 6.00. The Balaban J connectivity index is 1.10. The highest BCUT2D eigenvalue weighted by Crippen LogP contribution is 2.25. The van der Waals surface area contributed by atoms with Crippen molar-refractivity contribution in [1.29, 1.82) is 0 Å². The normalized spacial score (nSPS) is 16.5. The molecule has 12 nitrogen and oxygen atoms in total. The van der Waals surface area contributed by atoms with E-state index in [1.54, 1.807) is 11.6 Å². The van der Waals surface area contributed by atoms with Crippen molar-refractivity contribution in [2.45, 2.75) is 83.1 Å². The lowest BCUT2D eigenvalue weighted by atomic mass is 10.0. The predicted octanol–water partition coefficient (Wildman–Crippen LogP) is 2.41. The second kappa shape index (κ2) is 17.2. The molecule has 1 aromatic heterocycles. The third-order valence-electron chi connectivity index (χ3n) is 8.43. The predicted molar refractivity (Wildman–Crippen MR) is 174 cm³/mol. The number of aryl methyl sites for hydroxylation is 3. The lowest BCUT2D eigenvalue weighted by Crippen LogP contribution is -2.44. The molecule has 1 aliphatic heterocycles. The molecule has 3 amide bonds. The molecule has 250 valence electrons. The Morgan fingerprint density at radius 3 is 2.33 bits per heavy atom. The first-order valence-electron chi connectivity index (χ1n) is 16.1. The minimum atomic E-state index is -0.694. The minimum Gasteiger partial charge on any atom is -0.379 e. The zero-order valence-corrected chi connectivity index (χ0v) is 26.9. The van der Waals surface area contributed by atoms with Gasteiger partial charge in [-0.25, -0.2) is 4.79 Å². The van der Waals surface area contributed by atoms with Crippen molar-refractivity contribution in [3.63, 3.8) is 0 Å². The number of benzene rings is 2.